The largest absolute Gasteiger partial charge is 0.0633 e. The van der Waals surface area contributed by atoms with Crippen LogP contribution in [0, 0.1) is 6.92 Å². The van der Waals surface area contributed by atoms with Gasteiger partial charge < -0.3 is 0 Å². The Morgan fingerprint density at radius 2 is 1.80 bits per heavy atom. The molecule has 1 aromatic rings. The van der Waals surface area contributed by atoms with E-state index in [2.05, 4.69) is 64.1 Å². The van der Waals surface area contributed by atoms with Crippen LogP contribution in [0.15, 0.2) is 35.9 Å². The molecule has 0 nitrogen and oxygen atoms in total. The highest BCUT2D eigenvalue weighted by Crippen LogP contribution is 2.36. The predicted molar refractivity (Wildman–Crippen MR) is 67.0 cm³/mol. The summed E-state index contributed by atoms with van der Waals surface area (Å²) < 4.78 is 0. The number of hydrogen-bond donors (Lipinski definition) is 0. The van der Waals surface area contributed by atoms with Crippen LogP contribution in [0.1, 0.15) is 37.5 Å². The maximum Gasteiger partial charge on any atom is 0.0111 e. The number of allylic oxidation sites excluding steroid dienone is 3. The Balaban J connectivity index is 2.73. The molecule has 1 aliphatic rings. The minimum atomic E-state index is 0.144. The Bertz CT molecular complexity index is 445. The lowest BCUT2D eigenvalue weighted by molar-refractivity contribution is 0.623. The summed E-state index contributed by atoms with van der Waals surface area (Å²) in [5.74, 6) is 0. The van der Waals surface area contributed by atoms with E-state index in [1.54, 1.807) is 0 Å². The highest BCUT2D eigenvalue weighted by Gasteiger charge is 2.26. The molecule has 15 heavy (non-hydrogen) atoms. The summed E-state index contributed by atoms with van der Waals surface area (Å²) in [5, 5.41) is 0. The van der Waals surface area contributed by atoms with Gasteiger partial charge in [0.05, 0.1) is 0 Å². The molecule has 0 bridgehead atoms. The smallest absolute Gasteiger partial charge is 0.0111 e. The second-order valence-corrected chi connectivity index (χ2v) is 4.87. The molecule has 0 atom stereocenters. The molecular formula is C15H18. The lowest BCUT2D eigenvalue weighted by Crippen LogP contribution is -2.19. The second kappa shape index (κ2) is 3.37. The average Bonchev–Trinajstić information content (AvgIpc) is 2.29. The fraction of sp³-hybridized carbons (Fsp3) is 0.333. The van der Waals surface area contributed by atoms with Gasteiger partial charge in [0.2, 0.25) is 0 Å². The number of fused-ring (bicyclic) bond motifs is 1. The third-order valence-corrected chi connectivity index (χ3v) is 3.59. The minimum Gasteiger partial charge on any atom is -0.0633 e. The molecule has 0 spiro atoms. The van der Waals surface area contributed by atoms with Crippen LogP contribution >= 0.6 is 0 Å². The monoisotopic (exact) mass is 198 g/mol. The van der Waals surface area contributed by atoms with E-state index in [0.29, 0.717) is 0 Å². The first-order chi connectivity index (χ1) is 7.03. The van der Waals surface area contributed by atoms with Crippen LogP contribution in [0.2, 0.25) is 0 Å². The van der Waals surface area contributed by atoms with Gasteiger partial charge in [-0.05, 0) is 30.5 Å². The molecule has 0 heteroatoms. The molecule has 0 N–H and O–H groups in total. The van der Waals surface area contributed by atoms with Gasteiger partial charge >= 0.3 is 0 Å². The van der Waals surface area contributed by atoms with Crippen molar-refractivity contribution in [2.24, 2.45) is 0 Å². The van der Waals surface area contributed by atoms with Gasteiger partial charge in [-0.25, -0.2) is 0 Å². The zero-order chi connectivity index (χ0) is 11.1. The minimum absolute atomic E-state index is 0.144. The van der Waals surface area contributed by atoms with Gasteiger partial charge in [0.25, 0.3) is 0 Å². The van der Waals surface area contributed by atoms with Crippen LogP contribution in [0.3, 0.4) is 0 Å². The van der Waals surface area contributed by atoms with E-state index < -0.39 is 0 Å². The van der Waals surface area contributed by atoms with Crippen molar-refractivity contribution in [2.45, 2.75) is 33.1 Å². The number of hydrogen-bond acceptors (Lipinski definition) is 0. The fourth-order valence-corrected chi connectivity index (χ4v) is 2.16. The van der Waals surface area contributed by atoms with E-state index in [-0.39, 0.29) is 5.41 Å². The maximum absolute atomic E-state index is 2.30. The maximum atomic E-state index is 2.30. The van der Waals surface area contributed by atoms with Gasteiger partial charge in [-0.1, -0.05) is 55.8 Å². The van der Waals surface area contributed by atoms with Gasteiger partial charge in [0.15, 0.2) is 0 Å². The predicted octanol–water partition coefficient (Wildman–Crippen LogP) is 4.25. The topological polar surface area (TPSA) is 0 Å². The van der Waals surface area contributed by atoms with Gasteiger partial charge in [0.1, 0.15) is 0 Å². The molecule has 1 aromatic carbocycles. The number of rotatable bonds is 0. The van der Waals surface area contributed by atoms with Crippen molar-refractivity contribution in [2.75, 3.05) is 0 Å². The zero-order valence-corrected chi connectivity index (χ0v) is 9.96. The van der Waals surface area contributed by atoms with E-state index in [9.17, 15) is 0 Å². The van der Waals surface area contributed by atoms with Crippen molar-refractivity contribution < 1.29 is 0 Å². The van der Waals surface area contributed by atoms with Crippen LogP contribution in [0.5, 0.6) is 0 Å². The van der Waals surface area contributed by atoms with Crippen molar-refractivity contribution >= 4 is 6.08 Å². The van der Waals surface area contributed by atoms with Gasteiger partial charge in [-0.15, -0.1) is 0 Å². The Labute approximate surface area is 92.3 Å². The summed E-state index contributed by atoms with van der Waals surface area (Å²) in [6.45, 7) is 8.98. The molecule has 2 rings (SSSR count). The van der Waals surface area contributed by atoms with Crippen molar-refractivity contribution in [3.8, 4) is 0 Å². The van der Waals surface area contributed by atoms with Crippen molar-refractivity contribution in [1.82, 2.24) is 0 Å². The lowest BCUT2D eigenvalue weighted by Gasteiger charge is -2.28. The summed E-state index contributed by atoms with van der Waals surface area (Å²) in [4.78, 5) is 0. The molecular weight excluding hydrogens is 180 g/mol. The van der Waals surface area contributed by atoms with Crippen molar-refractivity contribution in [3.63, 3.8) is 0 Å². The van der Waals surface area contributed by atoms with Crippen LogP contribution in [-0.2, 0) is 5.41 Å². The third-order valence-electron chi connectivity index (χ3n) is 3.59. The number of aryl methyl sites for hydroxylation is 1. The first-order valence-corrected chi connectivity index (χ1v) is 5.49. The molecule has 0 aliphatic heterocycles. The number of benzene rings is 1. The van der Waals surface area contributed by atoms with Crippen LogP contribution in [-0.4, -0.2) is 0 Å². The Hall–Kier alpha value is -1.30. The summed E-state index contributed by atoms with van der Waals surface area (Å²) in [6.07, 6.45) is 6.61. The lowest BCUT2D eigenvalue weighted by atomic mass is 9.76. The van der Waals surface area contributed by atoms with Crippen LogP contribution in [0.25, 0.3) is 6.08 Å². The van der Waals surface area contributed by atoms with Gasteiger partial charge in [-0.2, -0.15) is 0 Å². The van der Waals surface area contributed by atoms with Gasteiger partial charge in [0, 0.05) is 5.41 Å². The fourth-order valence-electron chi connectivity index (χ4n) is 2.16. The first kappa shape index (κ1) is 10.2. The molecule has 78 valence electrons. The second-order valence-electron chi connectivity index (χ2n) is 4.87. The summed E-state index contributed by atoms with van der Waals surface area (Å²) in [5.41, 5.74) is 5.74. The van der Waals surface area contributed by atoms with Crippen molar-refractivity contribution in [3.05, 3.63) is 52.6 Å². The van der Waals surface area contributed by atoms with E-state index >= 15 is 0 Å². The Kier molecular flexibility index (Phi) is 2.30. The average molecular weight is 198 g/mol. The Morgan fingerprint density at radius 1 is 1.07 bits per heavy atom. The SMILES string of the molecule is CC1=CC=Cc2c(C)cccc2C1(C)C. The normalized spacial score (nSPS) is 18.0. The summed E-state index contributed by atoms with van der Waals surface area (Å²) in [7, 11) is 0. The van der Waals surface area contributed by atoms with E-state index in [1.807, 2.05) is 0 Å². The Morgan fingerprint density at radius 3 is 2.53 bits per heavy atom. The van der Waals surface area contributed by atoms with E-state index in [4.69, 9.17) is 0 Å². The van der Waals surface area contributed by atoms with Gasteiger partial charge in [-0.3, -0.25) is 0 Å². The van der Waals surface area contributed by atoms with Crippen LogP contribution in [0.4, 0.5) is 0 Å². The standard InChI is InChI=1S/C15H18/c1-11-7-5-10-14-13(11)9-6-8-12(2)15(14,3)4/h5-10H,1-4H3. The molecule has 0 unspecified atom stereocenters. The van der Waals surface area contributed by atoms with Crippen LogP contribution < -0.4 is 0 Å². The molecule has 0 fully saturated rings. The molecule has 0 aromatic heterocycles. The highest BCUT2D eigenvalue weighted by atomic mass is 14.3. The van der Waals surface area contributed by atoms with E-state index in [0.717, 1.165) is 0 Å². The molecule has 0 saturated heterocycles. The third kappa shape index (κ3) is 1.54. The summed E-state index contributed by atoms with van der Waals surface area (Å²) >= 11 is 0. The molecule has 1 aliphatic carbocycles. The quantitative estimate of drug-likeness (QED) is 0.584. The highest BCUT2D eigenvalue weighted by molar-refractivity contribution is 5.64. The molecule has 0 amide bonds. The summed E-state index contributed by atoms with van der Waals surface area (Å²) in [6, 6.07) is 6.58. The van der Waals surface area contributed by atoms with Crippen molar-refractivity contribution in [1.29, 1.82) is 0 Å². The first-order valence-electron chi connectivity index (χ1n) is 5.49. The molecule has 0 saturated carbocycles. The zero-order valence-electron chi connectivity index (χ0n) is 9.96. The van der Waals surface area contributed by atoms with E-state index in [1.165, 1.54) is 22.3 Å². The molecule has 0 radical (unpaired) electrons. The molecule has 0 heterocycles.